The number of aromatic carboxylic acids is 1. The monoisotopic (exact) mass is 473 g/mol. The second-order valence-corrected chi connectivity index (χ2v) is 10.3. The Morgan fingerprint density at radius 2 is 1.83 bits per heavy atom. The first kappa shape index (κ1) is 22.8. The number of hydrogen-bond acceptors (Lipinski definition) is 5. The van der Waals surface area contributed by atoms with Gasteiger partial charge in [-0.05, 0) is 47.5 Å². The fourth-order valence-corrected chi connectivity index (χ4v) is 4.99. The summed E-state index contributed by atoms with van der Waals surface area (Å²) in [6, 6.07) is 7.29. The molecule has 0 aliphatic heterocycles. The maximum atomic E-state index is 12.5. The minimum Gasteiger partial charge on any atom is -0.478 e. The van der Waals surface area contributed by atoms with Crippen molar-refractivity contribution >= 4 is 39.7 Å². The number of H-pyrrole nitrogens is 1. The van der Waals surface area contributed by atoms with Crippen molar-refractivity contribution in [2.75, 3.05) is 0 Å². The van der Waals surface area contributed by atoms with Gasteiger partial charge >= 0.3 is 11.7 Å². The summed E-state index contributed by atoms with van der Waals surface area (Å²) in [7, 11) is 3.28. The van der Waals surface area contributed by atoms with Gasteiger partial charge in [-0.1, -0.05) is 39.0 Å². The Balaban J connectivity index is 1.83. The standard InChI is InChI=1S/C26H27N5O4/c1-26(2,3)14-10-13(11-18-28-22-21(30(18)4)23(32)29-25(35)31(22)5)20-16(12-14)19(24(33)34)15-8-6-7-9-17(15)27-20/h6-9,11,14H,10,12H2,1-5H3,(H,33,34)(H,29,32,35)/b13-11-. The molecule has 0 fully saturated rings. The molecule has 0 bridgehead atoms. The molecule has 4 aromatic rings. The minimum absolute atomic E-state index is 0.0778. The molecule has 2 N–H and O–H groups in total. The second-order valence-electron chi connectivity index (χ2n) is 10.3. The Hall–Kier alpha value is -4.01. The van der Waals surface area contributed by atoms with Gasteiger partial charge in [0.2, 0.25) is 0 Å². The van der Waals surface area contributed by atoms with Gasteiger partial charge in [-0.3, -0.25) is 14.3 Å². The molecule has 1 unspecified atom stereocenters. The van der Waals surface area contributed by atoms with Gasteiger partial charge in [0, 0.05) is 19.5 Å². The number of aromatic amines is 1. The predicted molar refractivity (Wildman–Crippen MR) is 134 cm³/mol. The van der Waals surface area contributed by atoms with Crippen LogP contribution in [0.5, 0.6) is 0 Å². The molecule has 0 saturated heterocycles. The number of allylic oxidation sites excluding steroid dienone is 1. The van der Waals surface area contributed by atoms with Crippen LogP contribution in [0.1, 0.15) is 54.6 Å². The number of para-hydroxylation sites is 1. The largest absolute Gasteiger partial charge is 0.478 e. The van der Waals surface area contributed by atoms with E-state index in [4.69, 9.17) is 4.98 Å². The first-order valence-electron chi connectivity index (χ1n) is 11.5. The third kappa shape index (κ3) is 3.58. The third-order valence-corrected chi connectivity index (χ3v) is 7.13. The molecular weight excluding hydrogens is 446 g/mol. The number of hydrogen-bond donors (Lipinski definition) is 2. The molecule has 0 amide bonds. The molecule has 9 nitrogen and oxygen atoms in total. The smallest absolute Gasteiger partial charge is 0.336 e. The summed E-state index contributed by atoms with van der Waals surface area (Å²) in [6.07, 6.45) is 3.15. The van der Waals surface area contributed by atoms with Crippen molar-refractivity contribution in [3.63, 3.8) is 0 Å². The first-order chi connectivity index (χ1) is 16.5. The van der Waals surface area contributed by atoms with E-state index < -0.39 is 17.2 Å². The molecule has 9 heteroatoms. The van der Waals surface area contributed by atoms with Crippen molar-refractivity contribution in [1.82, 2.24) is 24.1 Å². The number of carboxylic acids is 1. The van der Waals surface area contributed by atoms with Crippen molar-refractivity contribution in [3.8, 4) is 0 Å². The van der Waals surface area contributed by atoms with E-state index in [-0.39, 0.29) is 22.5 Å². The Kier molecular flexibility index (Phi) is 5.05. The van der Waals surface area contributed by atoms with Crippen LogP contribution in [0.15, 0.2) is 33.9 Å². The summed E-state index contributed by atoms with van der Waals surface area (Å²) in [4.78, 5) is 48.8. The third-order valence-electron chi connectivity index (χ3n) is 7.13. The first-order valence-corrected chi connectivity index (χ1v) is 11.5. The molecule has 3 heterocycles. The van der Waals surface area contributed by atoms with Crippen molar-refractivity contribution in [2.24, 2.45) is 25.4 Å². The number of benzene rings is 1. The number of pyridine rings is 1. The van der Waals surface area contributed by atoms with Crippen molar-refractivity contribution in [2.45, 2.75) is 33.6 Å². The van der Waals surface area contributed by atoms with Gasteiger partial charge in [0.05, 0.1) is 16.8 Å². The molecule has 1 aromatic carbocycles. The summed E-state index contributed by atoms with van der Waals surface area (Å²) in [5.74, 6) is -0.308. The van der Waals surface area contributed by atoms with Crippen molar-refractivity contribution < 1.29 is 9.90 Å². The van der Waals surface area contributed by atoms with E-state index in [9.17, 15) is 19.5 Å². The number of carbonyl (C=O) groups is 1. The van der Waals surface area contributed by atoms with Crippen LogP contribution in [-0.2, 0) is 20.5 Å². The normalized spacial score (nSPS) is 17.3. The van der Waals surface area contributed by atoms with Crippen LogP contribution in [0.3, 0.4) is 0 Å². The average molecular weight is 474 g/mol. The maximum Gasteiger partial charge on any atom is 0.336 e. The van der Waals surface area contributed by atoms with E-state index in [1.54, 1.807) is 24.7 Å². The summed E-state index contributed by atoms with van der Waals surface area (Å²) in [6.45, 7) is 6.46. The Bertz CT molecular complexity index is 1680. The fraction of sp³-hybridized carbons (Fsp3) is 0.346. The van der Waals surface area contributed by atoms with Gasteiger partial charge in [-0.2, -0.15) is 0 Å². The molecule has 1 atom stereocenters. The summed E-state index contributed by atoms with van der Waals surface area (Å²) < 4.78 is 2.96. The van der Waals surface area contributed by atoms with Gasteiger partial charge in [-0.15, -0.1) is 0 Å². The van der Waals surface area contributed by atoms with E-state index in [0.717, 1.165) is 11.1 Å². The quantitative estimate of drug-likeness (QED) is 0.460. The summed E-state index contributed by atoms with van der Waals surface area (Å²) in [5.41, 5.74) is 2.60. The zero-order valence-electron chi connectivity index (χ0n) is 20.3. The van der Waals surface area contributed by atoms with Gasteiger partial charge in [-0.25, -0.2) is 19.6 Å². The molecule has 0 radical (unpaired) electrons. The van der Waals surface area contributed by atoms with E-state index in [2.05, 4.69) is 30.7 Å². The van der Waals surface area contributed by atoms with Gasteiger partial charge in [0.15, 0.2) is 11.2 Å². The zero-order chi connectivity index (χ0) is 25.2. The predicted octanol–water partition coefficient (Wildman–Crippen LogP) is 3.36. The van der Waals surface area contributed by atoms with Crippen LogP contribution in [0.4, 0.5) is 0 Å². The van der Waals surface area contributed by atoms with E-state index in [0.29, 0.717) is 40.8 Å². The lowest BCUT2D eigenvalue weighted by Gasteiger charge is -2.36. The topological polar surface area (TPSA) is 123 Å². The molecule has 180 valence electrons. The lowest BCUT2D eigenvalue weighted by Crippen LogP contribution is -2.29. The van der Waals surface area contributed by atoms with Crippen LogP contribution in [0, 0.1) is 11.3 Å². The summed E-state index contributed by atoms with van der Waals surface area (Å²) in [5, 5.41) is 10.8. The van der Waals surface area contributed by atoms with Crippen LogP contribution in [-0.4, -0.2) is 35.2 Å². The Morgan fingerprint density at radius 3 is 2.51 bits per heavy atom. The highest BCUT2D eigenvalue weighted by Crippen LogP contribution is 2.44. The van der Waals surface area contributed by atoms with Gasteiger partial charge in [0.25, 0.3) is 5.56 Å². The van der Waals surface area contributed by atoms with Crippen molar-refractivity contribution in [1.29, 1.82) is 0 Å². The van der Waals surface area contributed by atoms with Crippen LogP contribution in [0.25, 0.3) is 33.7 Å². The van der Waals surface area contributed by atoms with E-state index in [1.807, 2.05) is 24.3 Å². The van der Waals surface area contributed by atoms with Crippen LogP contribution in [0.2, 0.25) is 0 Å². The van der Waals surface area contributed by atoms with Crippen LogP contribution >= 0.6 is 0 Å². The maximum absolute atomic E-state index is 12.5. The lowest BCUT2D eigenvalue weighted by molar-refractivity contribution is 0.0696. The van der Waals surface area contributed by atoms with Crippen molar-refractivity contribution in [3.05, 3.63) is 67.7 Å². The number of nitrogens with zero attached hydrogens (tertiary/aromatic N) is 4. The number of nitrogens with one attached hydrogen (secondary N) is 1. The SMILES string of the molecule is Cn1c(/C=C2/CC(C(C)(C)C)Cc3c2nc2ccccc2c3C(=O)O)nc2c1c(=O)[nH]c(=O)n2C. The number of aryl methyl sites for hydroxylation is 2. The van der Waals surface area contributed by atoms with Crippen LogP contribution < -0.4 is 11.2 Å². The Labute approximate surface area is 200 Å². The van der Waals surface area contributed by atoms with E-state index >= 15 is 0 Å². The highest BCUT2D eigenvalue weighted by molar-refractivity contribution is 6.06. The molecule has 1 aliphatic rings. The zero-order valence-corrected chi connectivity index (χ0v) is 20.3. The molecule has 5 rings (SSSR count). The number of carboxylic acid groups (broad SMARTS) is 1. The highest BCUT2D eigenvalue weighted by atomic mass is 16.4. The van der Waals surface area contributed by atoms with Gasteiger partial charge in [0.1, 0.15) is 5.82 Å². The molecule has 3 aromatic heterocycles. The number of aromatic nitrogens is 5. The average Bonchev–Trinajstić information content (AvgIpc) is 3.11. The fourth-order valence-electron chi connectivity index (χ4n) is 4.99. The molecular formula is C26H27N5O4. The molecule has 1 aliphatic carbocycles. The lowest BCUT2D eigenvalue weighted by atomic mass is 9.69. The van der Waals surface area contributed by atoms with Gasteiger partial charge < -0.3 is 9.67 Å². The molecule has 0 spiro atoms. The van der Waals surface area contributed by atoms with E-state index in [1.165, 1.54) is 4.57 Å². The number of fused-ring (bicyclic) bond motifs is 3. The molecule has 0 saturated carbocycles. The number of rotatable bonds is 2. The molecule has 35 heavy (non-hydrogen) atoms. The number of imidazole rings is 1. The Morgan fingerprint density at radius 1 is 1.11 bits per heavy atom. The second kappa shape index (κ2) is 7.76. The highest BCUT2D eigenvalue weighted by Gasteiger charge is 2.35. The minimum atomic E-state index is -0.974. The summed E-state index contributed by atoms with van der Waals surface area (Å²) >= 11 is 0.